The van der Waals surface area contributed by atoms with Gasteiger partial charge in [0.15, 0.2) is 0 Å². The number of amides is 2. The summed E-state index contributed by atoms with van der Waals surface area (Å²) in [5.74, 6) is -0.569. The molecule has 1 fully saturated rings. The topological polar surface area (TPSA) is 75.4 Å². The molecular formula is C17H25N3O2. The molecule has 0 aromatic heterocycles. The molecule has 0 aliphatic carbocycles. The molecule has 2 rings (SSSR count). The van der Waals surface area contributed by atoms with E-state index in [1.165, 1.54) is 0 Å². The molecule has 120 valence electrons. The van der Waals surface area contributed by atoms with E-state index in [1.54, 1.807) is 4.90 Å². The number of rotatable bonds is 4. The number of carbonyl (C=O) groups excluding carboxylic acids is 2. The Morgan fingerprint density at radius 2 is 2.14 bits per heavy atom. The van der Waals surface area contributed by atoms with E-state index in [0.29, 0.717) is 25.6 Å². The van der Waals surface area contributed by atoms with E-state index in [0.717, 1.165) is 36.9 Å². The molecule has 5 nitrogen and oxygen atoms in total. The zero-order chi connectivity index (χ0) is 15.9. The Hall–Kier alpha value is -1.88. The van der Waals surface area contributed by atoms with E-state index >= 15 is 0 Å². The predicted octanol–water partition coefficient (Wildman–Crippen LogP) is 1.77. The van der Waals surface area contributed by atoms with Crippen molar-refractivity contribution in [2.24, 2.45) is 11.7 Å². The van der Waals surface area contributed by atoms with Crippen molar-refractivity contribution < 1.29 is 9.59 Å². The number of nitrogens with one attached hydrogen (secondary N) is 1. The van der Waals surface area contributed by atoms with Crippen LogP contribution in [-0.2, 0) is 16.0 Å². The first kappa shape index (κ1) is 16.5. The Kier molecular flexibility index (Phi) is 5.95. The van der Waals surface area contributed by atoms with E-state index in [2.05, 4.69) is 5.32 Å². The Bertz CT molecular complexity index is 528. The van der Waals surface area contributed by atoms with E-state index < -0.39 is 11.8 Å². The zero-order valence-corrected chi connectivity index (χ0v) is 13.2. The summed E-state index contributed by atoms with van der Waals surface area (Å²) < 4.78 is 0. The van der Waals surface area contributed by atoms with Gasteiger partial charge in [0, 0.05) is 18.8 Å². The smallest absolute Gasteiger partial charge is 0.313 e. The minimum Gasteiger partial charge on any atom is -0.334 e. The van der Waals surface area contributed by atoms with Crippen LogP contribution in [0.15, 0.2) is 24.3 Å². The standard InChI is InChI=1S/C17H25N3O2/c1-2-14-7-3-4-8-15(14)19-16(21)17(22)20-11-5-6-13(12-20)9-10-18/h3-4,7-8,13H,2,5-6,9-12,18H2,1H3,(H,19,21)/t13-/m0/s1. The SMILES string of the molecule is CCc1ccccc1NC(=O)C(=O)N1CCC[C@@H](CCN)C1. The third kappa shape index (κ3) is 4.07. The van der Waals surface area contributed by atoms with Crippen LogP contribution < -0.4 is 11.1 Å². The second-order valence-electron chi connectivity index (χ2n) is 5.80. The molecule has 0 saturated carbocycles. The highest BCUT2D eigenvalue weighted by molar-refractivity contribution is 6.39. The van der Waals surface area contributed by atoms with Crippen LogP contribution in [0.2, 0.25) is 0 Å². The molecule has 1 heterocycles. The van der Waals surface area contributed by atoms with Crippen molar-refractivity contribution in [2.45, 2.75) is 32.6 Å². The number of hydrogen-bond acceptors (Lipinski definition) is 3. The third-order valence-electron chi connectivity index (χ3n) is 4.22. The third-order valence-corrected chi connectivity index (χ3v) is 4.22. The molecule has 0 unspecified atom stereocenters. The maximum Gasteiger partial charge on any atom is 0.313 e. The fourth-order valence-corrected chi connectivity index (χ4v) is 2.99. The number of nitrogens with zero attached hydrogens (tertiary/aromatic N) is 1. The quantitative estimate of drug-likeness (QED) is 0.832. The summed E-state index contributed by atoms with van der Waals surface area (Å²) in [7, 11) is 0. The summed E-state index contributed by atoms with van der Waals surface area (Å²) >= 11 is 0. The first-order chi connectivity index (χ1) is 10.7. The highest BCUT2D eigenvalue weighted by Gasteiger charge is 2.27. The molecule has 2 amide bonds. The van der Waals surface area contributed by atoms with Crippen LogP contribution in [0, 0.1) is 5.92 Å². The predicted molar refractivity (Wildman–Crippen MR) is 87.4 cm³/mol. The second kappa shape index (κ2) is 7.94. The molecule has 0 radical (unpaired) electrons. The van der Waals surface area contributed by atoms with Gasteiger partial charge in [-0.05, 0) is 49.8 Å². The average molecular weight is 303 g/mol. The maximum atomic E-state index is 12.3. The summed E-state index contributed by atoms with van der Waals surface area (Å²) in [6.45, 7) is 3.94. The highest BCUT2D eigenvalue weighted by atomic mass is 16.2. The maximum absolute atomic E-state index is 12.3. The molecule has 1 aromatic carbocycles. The number of hydrogen-bond donors (Lipinski definition) is 2. The lowest BCUT2D eigenvalue weighted by Gasteiger charge is -2.32. The lowest BCUT2D eigenvalue weighted by atomic mass is 9.95. The van der Waals surface area contributed by atoms with Crippen LogP contribution in [0.4, 0.5) is 5.69 Å². The molecule has 3 N–H and O–H groups in total. The van der Waals surface area contributed by atoms with E-state index in [9.17, 15) is 9.59 Å². The van der Waals surface area contributed by atoms with Crippen molar-refractivity contribution in [3.8, 4) is 0 Å². The number of likely N-dealkylation sites (tertiary alicyclic amines) is 1. The lowest BCUT2D eigenvalue weighted by Crippen LogP contribution is -2.45. The highest BCUT2D eigenvalue weighted by Crippen LogP contribution is 2.20. The molecule has 0 bridgehead atoms. The second-order valence-corrected chi connectivity index (χ2v) is 5.80. The summed E-state index contributed by atoms with van der Waals surface area (Å²) in [4.78, 5) is 26.2. The van der Waals surface area contributed by atoms with Crippen molar-refractivity contribution in [2.75, 3.05) is 25.0 Å². The Labute approximate surface area is 131 Å². The lowest BCUT2D eigenvalue weighted by molar-refractivity contribution is -0.144. The van der Waals surface area contributed by atoms with Gasteiger partial charge < -0.3 is 16.0 Å². The summed E-state index contributed by atoms with van der Waals surface area (Å²) in [5.41, 5.74) is 7.34. The molecule has 1 saturated heterocycles. The van der Waals surface area contributed by atoms with Crippen LogP contribution in [0.1, 0.15) is 31.7 Å². The number of carbonyl (C=O) groups is 2. The van der Waals surface area contributed by atoms with Gasteiger partial charge >= 0.3 is 11.8 Å². The van der Waals surface area contributed by atoms with Crippen molar-refractivity contribution in [3.05, 3.63) is 29.8 Å². The molecule has 0 spiro atoms. The van der Waals surface area contributed by atoms with E-state index in [-0.39, 0.29) is 0 Å². The van der Waals surface area contributed by atoms with Gasteiger partial charge in [0.2, 0.25) is 0 Å². The fraction of sp³-hybridized carbons (Fsp3) is 0.529. The fourth-order valence-electron chi connectivity index (χ4n) is 2.99. The van der Waals surface area contributed by atoms with Gasteiger partial charge in [-0.2, -0.15) is 0 Å². The summed E-state index contributed by atoms with van der Waals surface area (Å²) in [5, 5.41) is 2.75. The van der Waals surface area contributed by atoms with Gasteiger partial charge in [0.1, 0.15) is 0 Å². The van der Waals surface area contributed by atoms with Crippen LogP contribution in [0.3, 0.4) is 0 Å². The molecule has 5 heteroatoms. The van der Waals surface area contributed by atoms with Gasteiger partial charge in [-0.25, -0.2) is 0 Å². The van der Waals surface area contributed by atoms with Crippen molar-refractivity contribution >= 4 is 17.5 Å². The molecule has 1 atom stereocenters. The number of piperidine rings is 1. The minimum atomic E-state index is -0.547. The molecule has 1 aliphatic heterocycles. The van der Waals surface area contributed by atoms with Gasteiger partial charge in [0.25, 0.3) is 0 Å². The average Bonchev–Trinajstić information content (AvgIpc) is 2.55. The monoisotopic (exact) mass is 303 g/mol. The zero-order valence-electron chi connectivity index (χ0n) is 13.2. The van der Waals surface area contributed by atoms with Crippen LogP contribution in [0.25, 0.3) is 0 Å². The van der Waals surface area contributed by atoms with Gasteiger partial charge in [-0.15, -0.1) is 0 Å². The van der Waals surface area contributed by atoms with Gasteiger partial charge in [-0.1, -0.05) is 25.1 Å². The Morgan fingerprint density at radius 3 is 2.86 bits per heavy atom. The number of nitrogens with two attached hydrogens (primary N) is 1. The molecular weight excluding hydrogens is 278 g/mol. The normalized spacial score (nSPS) is 18.1. The minimum absolute atomic E-state index is 0.415. The van der Waals surface area contributed by atoms with Crippen LogP contribution >= 0.6 is 0 Å². The first-order valence-electron chi connectivity index (χ1n) is 8.04. The Morgan fingerprint density at radius 1 is 1.36 bits per heavy atom. The van der Waals surface area contributed by atoms with Crippen molar-refractivity contribution in [1.29, 1.82) is 0 Å². The largest absolute Gasteiger partial charge is 0.334 e. The van der Waals surface area contributed by atoms with Crippen molar-refractivity contribution in [1.82, 2.24) is 4.90 Å². The summed E-state index contributed by atoms with van der Waals surface area (Å²) in [6, 6.07) is 7.57. The molecule has 22 heavy (non-hydrogen) atoms. The van der Waals surface area contributed by atoms with Gasteiger partial charge in [-0.3, -0.25) is 9.59 Å². The number of anilines is 1. The van der Waals surface area contributed by atoms with Crippen LogP contribution in [-0.4, -0.2) is 36.3 Å². The number of para-hydroxylation sites is 1. The number of aryl methyl sites for hydroxylation is 1. The van der Waals surface area contributed by atoms with E-state index in [4.69, 9.17) is 5.73 Å². The van der Waals surface area contributed by atoms with Gasteiger partial charge in [0.05, 0.1) is 0 Å². The van der Waals surface area contributed by atoms with Crippen LogP contribution in [0.5, 0.6) is 0 Å². The molecule has 1 aromatic rings. The number of benzene rings is 1. The molecule has 1 aliphatic rings. The van der Waals surface area contributed by atoms with Crippen molar-refractivity contribution in [3.63, 3.8) is 0 Å². The summed E-state index contributed by atoms with van der Waals surface area (Å²) in [6.07, 6.45) is 3.74. The first-order valence-corrected chi connectivity index (χ1v) is 8.04. The van der Waals surface area contributed by atoms with E-state index in [1.807, 2.05) is 31.2 Å². The Balaban J connectivity index is 1.98.